The summed E-state index contributed by atoms with van der Waals surface area (Å²) < 4.78 is 45.2. The van der Waals surface area contributed by atoms with Crippen LogP contribution < -0.4 is 21.5 Å². The van der Waals surface area contributed by atoms with Crippen LogP contribution in [-0.2, 0) is 23.6 Å². The summed E-state index contributed by atoms with van der Waals surface area (Å²) in [4.78, 5) is 56.0. The standard InChI is InChI=1S/C21H21F3N6O5/c1-27-16-15(17(32)28(2)20(27)34)30(19(26-16)29-9-7-25-8-10-29)13-6-4-3-5-12(13)14(31)11-35-18(33)21(22,23)24/h3-6,25H,7-11H2,1-2H3. The Bertz CT molecular complexity index is 1430. The minimum absolute atomic E-state index is 0.00988. The molecule has 0 amide bonds. The molecule has 0 bridgehead atoms. The first-order valence-electron chi connectivity index (χ1n) is 10.5. The number of fused-ring (bicyclic) bond motifs is 1. The first-order valence-corrected chi connectivity index (χ1v) is 10.5. The third kappa shape index (κ3) is 4.32. The Morgan fingerprint density at radius 2 is 1.74 bits per heavy atom. The number of imidazole rings is 1. The molecular formula is C21H21F3N6O5. The molecule has 0 atom stereocenters. The number of nitrogens with one attached hydrogen (secondary N) is 1. The number of para-hydroxylation sites is 1. The van der Waals surface area contributed by atoms with Gasteiger partial charge < -0.3 is 15.0 Å². The molecule has 0 saturated carbocycles. The zero-order valence-electron chi connectivity index (χ0n) is 18.8. The third-order valence-corrected chi connectivity index (χ3v) is 5.65. The molecule has 3 heterocycles. The number of anilines is 1. The topological polar surface area (TPSA) is 120 Å². The van der Waals surface area contributed by atoms with Crippen LogP contribution in [0.25, 0.3) is 16.9 Å². The molecule has 1 aromatic carbocycles. The van der Waals surface area contributed by atoms with E-state index in [1.54, 1.807) is 6.07 Å². The summed E-state index contributed by atoms with van der Waals surface area (Å²) in [7, 11) is 2.76. The smallest absolute Gasteiger partial charge is 0.451 e. The van der Waals surface area contributed by atoms with Gasteiger partial charge in [0.2, 0.25) is 11.7 Å². The SMILES string of the molecule is Cn1c(=O)c2c(nc(N3CCNCC3)n2-c2ccccc2C(=O)COC(=O)C(F)(F)F)n(C)c1=O. The molecule has 0 radical (unpaired) electrons. The summed E-state index contributed by atoms with van der Waals surface area (Å²) in [5.74, 6) is -3.11. The number of aromatic nitrogens is 4. The second kappa shape index (κ2) is 9.02. The van der Waals surface area contributed by atoms with Crippen molar-refractivity contribution in [3.05, 3.63) is 50.7 Å². The third-order valence-electron chi connectivity index (χ3n) is 5.65. The average Bonchev–Trinajstić information content (AvgIpc) is 3.25. The summed E-state index contributed by atoms with van der Waals surface area (Å²) in [5.41, 5.74) is -1.11. The Balaban J connectivity index is 1.92. The van der Waals surface area contributed by atoms with Crippen LogP contribution in [0.5, 0.6) is 0 Å². The van der Waals surface area contributed by atoms with Crippen LogP contribution in [0.4, 0.5) is 19.1 Å². The lowest BCUT2D eigenvalue weighted by Gasteiger charge is -2.29. The van der Waals surface area contributed by atoms with Gasteiger partial charge in [0.15, 0.2) is 17.8 Å². The lowest BCUT2D eigenvalue weighted by Crippen LogP contribution is -2.44. The quantitative estimate of drug-likeness (QED) is 0.392. The van der Waals surface area contributed by atoms with E-state index in [1.807, 2.05) is 4.90 Å². The number of esters is 1. The number of Topliss-reactive ketones (excluding diaryl/α,β-unsaturated/α-hetero) is 1. The molecule has 11 nitrogen and oxygen atoms in total. The van der Waals surface area contributed by atoms with Crippen molar-refractivity contribution in [2.75, 3.05) is 37.7 Å². The molecular weight excluding hydrogens is 473 g/mol. The molecule has 35 heavy (non-hydrogen) atoms. The van der Waals surface area contributed by atoms with Gasteiger partial charge in [-0.3, -0.25) is 23.3 Å². The van der Waals surface area contributed by atoms with E-state index in [9.17, 15) is 32.3 Å². The van der Waals surface area contributed by atoms with E-state index in [1.165, 1.54) is 41.4 Å². The lowest BCUT2D eigenvalue weighted by atomic mass is 10.1. The number of aryl methyl sites for hydroxylation is 1. The van der Waals surface area contributed by atoms with Gasteiger partial charge in [0.1, 0.15) is 0 Å². The molecule has 1 saturated heterocycles. The molecule has 0 unspecified atom stereocenters. The largest absolute Gasteiger partial charge is 0.490 e. The highest BCUT2D eigenvalue weighted by atomic mass is 19.4. The Labute approximate surface area is 195 Å². The summed E-state index contributed by atoms with van der Waals surface area (Å²) in [6.45, 7) is 1.11. The molecule has 14 heteroatoms. The van der Waals surface area contributed by atoms with E-state index in [4.69, 9.17) is 0 Å². The van der Waals surface area contributed by atoms with Crippen molar-refractivity contribution in [3.8, 4) is 5.69 Å². The molecule has 2 aromatic heterocycles. The number of hydrogen-bond donors (Lipinski definition) is 1. The molecule has 186 valence electrons. The van der Waals surface area contributed by atoms with Crippen LogP contribution >= 0.6 is 0 Å². The number of carbonyl (C=O) groups excluding carboxylic acids is 2. The van der Waals surface area contributed by atoms with Gasteiger partial charge in [0, 0.05) is 45.8 Å². The summed E-state index contributed by atoms with van der Waals surface area (Å²) in [6, 6.07) is 5.91. The highest BCUT2D eigenvalue weighted by molar-refractivity contribution is 6.02. The fourth-order valence-corrected chi connectivity index (χ4v) is 3.88. The van der Waals surface area contributed by atoms with Gasteiger partial charge in [-0.2, -0.15) is 18.2 Å². The van der Waals surface area contributed by atoms with Gasteiger partial charge in [-0.05, 0) is 12.1 Å². The molecule has 0 spiro atoms. The highest BCUT2D eigenvalue weighted by Crippen LogP contribution is 2.28. The number of ketones is 1. The molecule has 4 rings (SSSR count). The van der Waals surface area contributed by atoms with Crippen molar-refractivity contribution in [1.29, 1.82) is 0 Å². The van der Waals surface area contributed by atoms with Gasteiger partial charge in [0.25, 0.3) is 5.56 Å². The number of carbonyl (C=O) groups is 2. The fraction of sp³-hybridized carbons (Fsp3) is 0.381. The van der Waals surface area contributed by atoms with Gasteiger partial charge in [-0.1, -0.05) is 12.1 Å². The van der Waals surface area contributed by atoms with Crippen molar-refractivity contribution >= 4 is 28.9 Å². The zero-order chi connectivity index (χ0) is 25.5. The van der Waals surface area contributed by atoms with Crippen LogP contribution in [0.3, 0.4) is 0 Å². The van der Waals surface area contributed by atoms with Gasteiger partial charge >= 0.3 is 17.8 Å². The number of ether oxygens (including phenoxy) is 1. The van der Waals surface area contributed by atoms with Gasteiger partial charge in [-0.25, -0.2) is 9.59 Å². The first kappa shape index (κ1) is 24.2. The minimum Gasteiger partial charge on any atom is -0.451 e. The predicted octanol–water partition coefficient (Wildman–Crippen LogP) is 0.121. The number of rotatable bonds is 5. The fourth-order valence-electron chi connectivity index (χ4n) is 3.88. The predicted molar refractivity (Wildman–Crippen MR) is 118 cm³/mol. The van der Waals surface area contributed by atoms with E-state index in [-0.39, 0.29) is 28.4 Å². The van der Waals surface area contributed by atoms with E-state index >= 15 is 0 Å². The van der Waals surface area contributed by atoms with Crippen molar-refractivity contribution in [2.24, 2.45) is 14.1 Å². The molecule has 1 N–H and O–H groups in total. The number of nitrogens with zero attached hydrogens (tertiary/aromatic N) is 5. The van der Waals surface area contributed by atoms with Crippen LogP contribution in [0.1, 0.15) is 10.4 Å². The maximum absolute atomic E-state index is 13.2. The Morgan fingerprint density at radius 1 is 1.09 bits per heavy atom. The summed E-state index contributed by atoms with van der Waals surface area (Å²) in [5, 5.41) is 3.19. The number of benzene rings is 1. The average molecular weight is 494 g/mol. The lowest BCUT2D eigenvalue weighted by molar-refractivity contribution is -0.198. The molecule has 0 aliphatic carbocycles. The van der Waals surface area contributed by atoms with Crippen LogP contribution in [-0.4, -0.2) is 69.4 Å². The summed E-state index contributed by atoms with van der Waals surface area (Å²) in [6.07, 6.45) is -5.24. The zero-order valence-corrected chi connectivity index (χ0v) is 18.8. The Kier molecular flexibility index (Phi) is 6.23. The Hall–Kier alpha value is -3.94. The number of alkyl halides is 3. The van der Waals surface area contributed by atoms with E-state index < -0.39 is 35.8 Å². The van der Waals surface area contributed by atoms with E-state index in [0.29, 0.717) is 26.2 Å². The molecule has 1 fully saturated rings. The first-order chi connectivity index (χ1) is 16.5. The summed E-state index contributed by atoms with van der Waals surface area (Å²) >= 11 is 0. The molecule has 1 aliphatic heterocycles. The van der Waals surface area contributed by atoms with E-state index in [0.717, 1.165) is 4.57 Å². The van der Waals surface area contributed by atoms with Crippen LogP contribution in [0, 0.1) is 0 Å². The molecule has 3 aromatic rings. The maximum atomic E-state index is 13.2. The minimum atomic E-state index is -5.24. The van der Waals surface area contributed by atoms with Crippen molar-refractivity contribution in [3.63, 3.8) is 0 Å². The van der Waals surface area contributed by atoms with Crippen LogP contribution in [0.15, 0.2) is 33.9 Å². The van der Waals surface area contributed by atoms with Crippen LogP contribution in [0.2, 0.25) is 0 Å². The number of hydrogen-bond acceptors (Lipinski definition) is 8. The number of halogens is 3. The van der Waals surface area contributed by atoms with E-state index in [2.05, 4.69) is 15.0 Å². The van der Waals surface area contributed by atoms with Crippen molar-refractivity contribution < 1.29 is 27.5 Å². The highest BCUT2D eigenvalue weighted by Gasteiger charge is 2.41. The van der Waals surface area contributed by atoms with Crippen molar-refractivity contribution in [2.45, 2.75) is 6.18 Å². The van der Waals surface area contributed by atoms with Gasteiger partial charge in [-0.15, -0.1) is 0 Å². The second-order valence-electron chi connectivity index (χ2n) is 7.88. The maximum Gasteiger partial charge on any atom is 0.490 e. The monoisotopic (exact) mass is 494 g/mol. The molecule has 1 aliphatic rings. The normalized spacial score (nSPS) is 14.4. The number of piperazine rings is 1. The Morgan fingerprint density at radius 3 is 2.40 bits per heavy atom. The second-order valence-corrected chi connectivity index (χ2v) is 7.88. The van der Waals surface area contributed by atoms with Gasteiger partial charge in [0.05, 0.1) is 5.69 Å². The van der Waals surface area contributed by atoms with Crippen molar-refractivity contribution in [1.82, 2.24) is 24.0 Å².